The van der Waals surface area contributed by atoms with Crippen LogP contribution in [0.3, 0.4) is 0 Å². The van der Waals surface area contributed by atoms with E-state index in [2.05, 4.69) is 31.4 Å². The smallest absolute Gasteiger partial charge is 0.0580 e. The number of nitrogens with one attached hydrogen (secondary N) is 1. The standard InChI is InChI=1S/C18H28N2O/c1-3-21-15-10-13(11-15)12-17(19-2)16-8-4-6-14-7-5-9-20-18(14)16/h5,7,9,13,15-17,19H,3-4,6,8,10-12H2,1-2H3. The summed E-state index contributed by atoms with van der Waals surface area (Å²) < 4.78 is 5.69. The van der Waals surface area contributed by atoms with Gasteiger partial charge in [-0.3, -0.25) is 4.98 Å². The van der Waals surface area contributed by atoms with E-state index in [1.165, 1.54) is 49.8 Å². The molecule has 0 saturated heterocycles. The molecular formula is C18H28N2O. The van der Waals surface area contributed by atoms with Crippen molar-refractivity contribution in [2.45, 2.75) is 63.5 Å². The fourth-order valence-corrected chi connectivity index (χ4v) is 4.12. The Kier molecular flexibility index (Phi) is 4.91. The summed E-state index contributed by atoms with van der Waals surface area (Å²) in [6, 6.07) is 4.90. The van der Waals surface area contributed by atoms with E-state index in [1.807, 2.05) is 6.20 Å². The average Bonchev–Trinajstić information content (AvgIpc) is 2.49. The molecule has 2 aliphatic rings. The maximum Gasteiger partial charge on any atom is 0.0580 e. The molecule has 1 N–H and O–H groups in total. The van der Waals surface area contributed by atoms with E-state index >= 15 is 0 Å². The van der Waals surface area contributed by atoms with Crippen LogP contribution in [0.15, 0.2) is 18.3 Å². The quantitative estimate of drug-likeness (QED) is 0.872. The van der Waals surface area contributed by atoms with Gasteiger partial charge < -0.3 is 10.1 Å². The van der Waals surface area contributed by atoms with Gasteiger partial charge in [-0.05, 0) is 70.0 Å². The van der Waals surface area contributed by atoms with Gasteiger partial charge in [-0.25, -0.2) is 0 Å². The van der Waals surface area contributed by atoms with Gasteiger partial charge in [0.2, 0.25) is 0 Å². The number of aryl methyl sites for hydroxylation is 1. The van der Waals surface area contributed by atoms with Gasteiger partial charge in [-0.2, -0.15) is 0 Å². The molecule has 1 heterocycles. The zero-order chi connectivity index (χ0) is 14.7. The van der Waals surface area contributed by atoms with E-state index in [4.69, 9.17) is 9.72 Å². The highest BCUT2D eigenvalue weighted by Crippen LogP contribution is 2.39. The SMILES string of the molecule is CCOC1CC(CC(NC)C2CCCc3cccnc32)C1. The van der Waals surface area contributed by atoms with Gasteiger partial charge >= 0.3 is 0 Å². The first-order valence-electron chi connectivity index (χ1n) is 8.54. The fraction of sp³-hybridized carbons (Fsp3) is 0.722. The van der Waals surface area contributed by atoms with Gasteiger partial charge in [0.05, 0.1) is 6.10 Å². The van der Waals surface area contributed by atoms with Crippen LogP contribution in [0, 0.1) is 5.92 Å². The molecule has 116 valence electrons. The Morgan fingerprint density at radius 3 is 3.05 bits per heavy atom. The summed E-state index contributed by atoms with van der Waals surface area (Å²) in [5.74, 6) is 1.42. The number of hydrogen-bond donors (Lipinski definition) is 1. The molecule has 21 heavy (non-hydrogen) atoms. The first kappa shape index (κ1) is 15.0. The van der Waals surface area contributed by atoms with Gasteiger partial charge in [-0.1, -0.05) is 6.07 Å². The van der Waals surface area contributed by atoms with Crippen molar-refractivity contribution < 1.29 is 4.74 Å². The molecule has 1 aromatic heterocycles. The molecule has 0 spiro atoms. The maximum absolute atomic E-state index is 5.69. The van der Waals surface area contributed by atoms with Crippen LogP contribution >= 0.6 is 0 Å². The predicted octanol–water partition coefficient (Wildman–Crippen LogP) is 3.29. The molecule has 0 aliphatic heterocycles. The minimum atomic E-state index is 0.522. The predicted molar refractivity (Wildman–Crippen MR) is 85.5 cm³/mol. The Morgan fingerprint density at radius 1 is 1.43 bits per heavy atom. The second-order valence-corrected chi connectivity index (χ2v) is 6.59. The van der Waals surface area contributed by atoms with Crippen LogP contribution in [0.1, 0.15) is 56.2 Å². The molecule has 0 radical (unpaired) electrons. The normalized spacial score (nSPS) is 29.5. The first-order valence-corrected chi connectivity index (χ1v) is 8.54. The van der Waals surface area contributed by atoms with Gasteiger partial charge in [0, 0.05) is 30.5 Å². The van der Waals surface area contributed by atoms with Gasteiger partial charge in [0.25, 0.3) is 0 Å². The van der Waals surface area contributed by atoms with Crippen molar-refractivity contribution in [1.82, 2.24) is 10.3 Å². The van der Waals surface area contributed by atoms with Crippen molar-refractivity contribution >= 4 is 0 Å². The lowest BCUT2D eigenvalue weighted by Gasteiger charge is -2.39. The van der Waals surface area contributed by atoms with Crippen molar-refractivity contribution in [3.8, 4) is 0 Å². The molecule has 1 fully saturated rings. The van der Waals surface area contributed by atoms with E-state index in [9.17, 15) is 0 Å². The third kappa shape index (κ3) is 3.29. The molecule has 0 bridgehead atoms. The molecule has 2 aliphatic carbocycles. The van der Waals surface area contributed by atoms with Crippen molar-refractivity contribution in [3.63, 3.8) is 0 Å². The molecule has 1 aromatic rings. The molecule has 1 saturated carbocycles. The van der Waals surface area contributed by atoms with Crippen LogP contribution < -0.4 is 5.32 Å². The highest BCUT2D eigenvalue weighted by molar-refractivity contribution is 5.27. The van der Waals surface area contributed by atoms with Crippen molar-refractivity contribution in [1.29, 1.82) is 0 Å². The summed E-state index contributed by atoms with van der Waals surface area (Å²) in [7, 11) is 2.11. The summed E-state index contributed by atoms with van der Waals surface area (Å²) >= 11 is 0. The molecule has 2 unspecified atom stereocenters. The van der Waals surface area contributed by atoms with Gasteiger partial charge in [0.15, 0.2) is 0 Å². The first-order chi connectivity index (χ1) is 10.3. The lowest BCUT2D eigenvalue weighted by atomic mass is 9.73. The number of nitrogens with zero attached hydrogens (tertiary/aromatic N) is 1. The summed E-state index contributed by atoms with van der Waals surface area (Å²) in [6.07, 6.45) is 10.0. The molecular weight excluding hydrogens is 260 g/mol. The van der Waals surface area contributed by atoms with Crippen molar-refractivity contribution in [2.24, 2.45) is 5.92 Å². The highest BCUT2D eigenvalue weighted by Gasteiger charge is 2.35. The number of ether oxygens (including phenoxy) is 1. The molecule has 0 amide bonds. The number of rotatable bonds is 6. The number of pyridine rings is 1. The summed E-state index contributed by atoms with van der Waals surface area (Å²) in [5, 5.41) is 3.58. The minimum Gasteiger partial charge on any atom is -0.378 e. The van der Waals surface area contributed by atoms with E-state index in [-0.39, 0.29) is 0 Å². The average molecular weight is 288 g/mol. The van der Waals surface area contributed by atoms with E-state index in [0.717, 1.165) is 12.5 Å². The lowest BCUT2D eigenvalue weighted by Crippen LogP contribution is -2.40. The van der Waals surface area contributed by atoms with E-state index in [0.29, 0.717) is 18.1 Å². The Bertz CT molecular complexity index is 456. The van der Waals surface area contributed by atoms with Gasteiger partial charge in [-0.15, -0.1) is 0 Å². The van der Waals surface area contributed by atoms with Crippen LogP contribution in [0.2, 0.25) is 0 Å². The highest BCUT2D eigenvalue weighted by atomic mass is 16.5. The number of aromatic nitrogens is 1. The van der Waals surface area contributed by atoms with Crippen LogP contribution in [0.4, 0.5) is 0 Å². The van der Waals surface area contributed by atoms with Gasteiger partial charge in [0.1, 0.15) is 0 Å². The Hall–Kier alpha value is -0.930. The molecule has 3 nitrogen and oxygen atoms in total. The second-order valence-electron chi connectivity index (χ2n) is 6.59. The minimum absolute atomic E-state index is 0.522. The summed E-state index contributed by atoms with van der Waals surface area (Å²) in [6.45, 7) is 2.95. The Morgan fingerprint density at radius 2 is 2.29 bits per heavy atom. The van der Waals surface area contributed by atoms with Crippen LogP contribution in [0.25, 0.3) is 0 Å². The van der Waals surface area contributed by atoms with Crippen LogP contribution in [0.5, 0.6) is 0 Å². The number of likely N-dealkylation sites (N-methyl/N-ethyl adjacent to an activating group) is 1. The van der Waals surface area contributed by atoms with Crippen molar-refractivity contribution in [2.75, 3.05) is 13.7 Å². The summed E-state index contributed by atoms with van der Waals surface area (Å²) in [4.78, 5) is 4.70. The lowest BCUT2D eigenvalue weighted by molar-refractivity contribution is -0.0297. The monoisotopic (exact) mass is 288 g/mol. The molecule has 3 heteroatoms. The zero-order valence-corrected chi connectivity index (χ0v) is 13.3. The second kappa shape index (κ2) is 6.89. The number of hydrogen-bond acceptors (Lipinski definition) is 3. The van der Waals surface area contributed by atoms with Crippen LogP contribution in [-0.4, -0.2) is 30.8 Å². The fourth-order valence-electron chi connectivity index (χ4n) is 4.12. The molecule has 2 atom stereocenters. The van der Waals surface area contributed by atoms with E-state index in [1.54, 1.807) is 0 Å². The Labute approximate surface area is 128 Å². The third-order valence-electron chi connectivity index (χ3n) is 5.28. The largest absolute Gasteiger partial charge is 0.378 e. The van der Waals surface area contributed by atoms with Crippen molar-refractivity contribution in [3.05, 3.63) is 29.6 Å². The summed E-state index contributed by atoms with van der Waals surface area (Å²) in [5.41, 5.74) is 2.82. The van der Waals surface area contributed by atoms with E-state index < -0.39 is 0 Å². The zero-order valence-electron chi connectivity index (χ0n) is 13.3. The number of fused-ring (bicyclic) bond motifs is 1. The topological polar surface area (TPSA) is 34.1 Å². The third-order valence-corrected chi connectivity index (χ3v) is 5.28. The molecule has 3 rings (SSSR count). The maximum atomic E-state index is 5.69. The van der Waals surface area contributed by atoms with Crippen LogP contribution in [-0.2, 0) is 11.2 Å². The Balaban J connectivity index is 1.62. The molecule has 0 aromatic carbocycles.